The largest absolute Gasteiger partial charge is 0.324 e. The minimum Gasteiger partial charge on any atom is -0.317 e. The van der Waals surface area contributed by atoms with Crippen LogP contribution in [-0.2, 0) is 10.2 Å². The summed E-state index contributed by atoms with van der Waals surface area (Å²) in [6.07, 6.45) is 8.61. The topological polar surface area (TPSA) is 88.1 Å². The van der Waals surface area contributed by atoms with Gasteiger partial charge in [0.25, 0.3) is 0 Å². The van der Waals surface area contributed by atoms with Crippen molar-refractivity contribution in [3.63, 3.8) is 0 Å². The first-order valence-electron chi connectivity index (χ1n) is 15.8. The number of benzene rings is 2. The molecule has 2 fully saturated rings. The van der Waals surface area contributed by atoms with Gasteiger partial charge in [0.05, 0.1) is 11.4 Å². The summed E-state index contributed by atoms with van der Waals surface area (Å²) in [7, 11) is 0. The predicted octanol–water partition coefficient (Wildman–Crippen LogP) is 7.74. The fraction of sp³-hybridized carbons (Fsp3) is 0.514. The van der Waals surface area contributed by atoms with Crippen molar-refractivity contribution < 1.29 is 9.59 Å². The molecule has 7 nitrogen and oxygen atoms in total. The highest BCUT2D eigenvalue weighted by Crippen LogP contribution is 2.39. The van der Waals surface area contributed by atoms with Gasteiger partial charge in [-0.15, -0.1) is 0 Å². The van der Waals surface area contributed by atoms with E-state index in [1.807, 2.05) is 54.6 Å². The van der Waals surface area contributed by atoms with Gasteiger partial charge in [-0.2, -0.15) is 5.10 Å². The molecule has 1 aromatic heterocycles. The zero-order valence-corrected chi connectivity index (χ0v) is 25.7. The lowest BCUT2D eigenvalue weighted by Gasteiger charge is -2.32. The van der Waals surface area contributed by atoms with Gasteiger partial charge in [0.2, 0.25) is 0 Å². The predicted molar refractivity (Wildman–Crippen MR) is 171 cm³/mol. The molecule has 7 heteroatoms. The first-order chi connectivity index (χ1) is 20.2. The van der Waals surface area contributed by atoms with Gasteiger partial charge in [0, 0.05) is 29.5 Å². The molecule has 1 saturated heterocycles. The molecule has 3 N–H and O–H groups in total. The summed E-state index contributed by atoms with van der Waals surface area (Å²) in [4.78, 5) is 27.6. The highest BCUT2D eigenvalue weighted by Gasteiger charge is 2.34. The van der Waals surface area contributed by atoms with E-state index < -0.39 is 0 Å². The first-order valence-corrected chi connectivity index (χ1v) is 15.8. The van der Waals surface area contributed by atoms with Gasteiger partial charge in [0.15, 0.2) is 0 Å². The van der Waals surface area contributed by atoms with E-state index in [0.717, 1.165) is 61.3 Å². The lowest BCUT2D eigenvalue weighted by molar-refractivity contribution is -0.123. The van der Waals surface area contributed by atoms with Crippen LogP contribution in [0, 0.1) is 18.8 Å². The molecular formula is C35H47N5O2. The number of carbonyl (C=O) groups excluding carboxylic acids is 2. The second-order valence-electron chi connectivity index (χ2n) is 13.3. The molecule has 0 spiro atoms. The third-order valence-electron chi connectivity index (χ3n) is 8.96. The number of rotatable bonds is 8. The Morgan fingerprint density at radius 2 is 1.64 bits per heavy atom. The molecule has 1 aliphatic heterocycles. The van der Waals surface area contributed by atoms with Crippen molar-refractivity contribution in [3.8, 4) is 5.69 Å². The fourth-order valence-corrected chi connectivity index (χ4v) is 6.54. The van der Waals surface area contributed by atoms with Crippen LogP contribution < -0.4 is 16.0 Å². The lowest BCUT2D eigenvalue weighted by Crippen LogP contribution is -2.35. The Kier molecular flexibility index (Phi) is 9.47. The van der Waals surface area contributed by atoms with Gasteiger partial charge in [0.1, 0.15) is 11.6 Å². The van der Waals surface area contributed by atoms with Crippen LogP contribution in [-0.4, -0.2) is 34.7 Å². The minimum atomic E-state index is -0.347. The fourth-order valence-electron chi connectivity index (χ4n) is 6.54. The van der Waals surface area contributed by atoms with Crippen molar-refractivity contribution in [2.75, 3.05) is 23.7 Å². The van der Waals surface area contributed by atoms with Gasteiger partial charge in [-0.1, -0.05) is 88.8 Å². The van der Waals surface area contributed by atoms with Crippen LogP contribution in [0.15, 0.2) is 54.6 Å². The number of nitrogens with zero attached hydrogens (tertiary/aromatic N) is 2. The molecule has 224 valence electrons. The second kappa shape index (κ2) is 13.2. The number of urea groups is 1. The summed E-state index contributed by atoms with van der Waals surface area (Å²) in [6, 6.07) is 17.6. The van der Waals surface area contributed by atoms with Crippen molar-refractivity contribution in [2.45, 2.75) is 90.4 Å². The number of hydrogen-bond donors (Lipinski definition) is 3. The van der Waals surface area contributed by atoms with Crippen LogP contribution in [0.3, 0.4) is 0 Å². The van der Waals surface area contributed by atoms with E-state index >= 15 is 0 Å². The first kappa shape index (κ1) is 30.0. The van der Waals surface area contributed by atoms with E-state index in [1.54, 1.807) is 4.68 Å². The van der Waals surface area contributed by atoms with Crippen LogP contribution >= 0.6 is 0 Å². The molecule has 1 saturated carbocycles. The van der Waals surface area contributed by atoms with Gasteiger partial charge < -0.3 is 10.6 Å². The Balaban J connectivity index is 1.40. The van der Waals surface area contributed by atoms with E-state index in [2.05, 4.69) is 43.6 Å². The molecule has 0 bridgehead atoms. The molecule has 2 heterocycles. The number of ketones is 1. The van der Waals surface area contributed by atoms with Gasteiger partial charge >= 0.3 is 6.03 Å². The van der Waals surface area contributed by atoms with Gasteiger partial charge in [-0.05, 0) is 68.5 Å². The van der Waals surface area contributed by atoms with Crippen molar-refractivity contribution in [1.29, 1.82) is 0 Å². The molecule has 42 heavy (non-hydrogen) atoms. The molecule has 1 atom stereocenters. The number of nitrogens with one attached hydrogen (secondary N) is 3. The van der Waals surface area contributed by atoms with Crippen molar-refractivity contribution >= 4 is 23.3 Å². The van der Waals surface area contributed by atoms with Crippen molar-refractivity contribution in [1.82, 2.24) is 15.1 Å². The molecule has 2 amide bonds. The van der Waals surface area contributed by atoms with Crippen LogP contribution in [0.4, 0.5) is 16.3 Å². The van der Waals surface area contributed by atoms with Crippen LogP contribution in [0.1, 0.15) is 94.9 Å². The molecule has 0 radical (unpaired) electrons. The van der Waals surface area contributed by atoms with Crippen molar-refractivity contribution in [3.05, 3.63) is 71.4 Å². The highest BCUT2D eigenvalue weighted by molar-refractivity contribution is 6.01. The van der Waals surface area contributed by atoms with E-state index in [9.17, 15) is 9.59 Å². The maximum atomic E-state index is 14.0. The molecule has 1 unspecified atom stereocenters. The normalized spacial score (nSPS) is 17.5. The maximum Gasteiger partial charge on any atom is 0.324 e. The van der Waals surface area contributed by atoms with Crippen LogP contribution in [0.25, 0.3) is 5.69 Å². The number of amides is 2. The Bertz CT molecular complexity index is 1360. The summed E-state index contributed by atoms with van der Waals surface area (Å²) < 4.78 is 1.79. The summed E-state index contributed by atoms with van der Waals surface area (Å²) in [5, 5.41) is 14.5. The van der Waals surface area contributed by atoms with Gasteiger partial charge in [-0.25, -0.2) is 9.48 Å². The molecule has 3 aromatic rings. The van der Waals surface area contributed by atoms with Crippen LogP contribution in [0.2, 0.25) is 0 Å². The Morgan fingerprint density at radius 1 is 0.952 bits per heavy atom. The highest BCUT2D eigenvalue weighted by atomic mass is 16.2. The zero-order chi connectivity index (χ0) is 29.7. The average Bonchev–Trinajstić information content (AvgIpc) is 3.40. The standard InChI is InChI=1S/C35H47N5O2/c1-24-14-16-27(17-15-24)40-32(23-31(39-40)35(2,3)4)38-34(42)37-29-13-9-8-12-28(29)33(26-18-20-36-21-19-26)30(41)22-25-10-6-5-7-11-25/h8-9,12-17,23,25-26,33,36H,5-7,10-11,18-22H2,1-4H3,(H2,37,38,42). The number of hydrogen-bond acceptors (Lipinski definition) is 4. The average molecular weight is 570 g/mol. The third kappa shape index (κ3) is 7.30. The number of aromatic nitrogens is 2. The summed E-state index contributed by atoms with van der Waals surface area (Å²) in [6.45, 7) is 10.2. The van der Waals surface area contributed by atoms with E-state index in [-0.39, 0.29) is 23.3 Å². The molecule has 1 aliphatic carbocycles. The zero-order valence-electron chi connectivity index (χ0n) is 25.7. The molecule has 2 aliphatic rings. The minimum absolute atomic E-state index is 0.184. The number of Topliss-reactive ketones (excluding diaryl/α,β-unsaturated/α-hetero) is 1. The smallest absolute Gasteiger partial charge is 0.317 e. The molecule has 5 rings (SSSR count). The number of para-hydroxylation sites is 1. The number of aryl methyl sites for hydroxylation is 1. The SMILES string of the molecule is Cc1ccc(-n2nc(C(C)(C)C)cc2NC(=O)Nc2ccccc2C(C(=O)CC2CCCCC2)C2CCNCC2)cc1. The monoisotopic (exact) mass is 569 g/mol. The van der Waals surface area contributed by atoms with Gasteiger partial charge in [-0.3, -0.25) is 10.1 Å². The van der Waals surface area contributed by atoms with Crippen molar-refractivity contribution in [2.24, 2.45) is 11.8 Å². The summed E-state index contributed by atoms with van der Waals surface area (Å²) in [5.41, 5.74) is 4.38. The van der Waals surface area contributed by atoms with Crippen LogP contribution in [0.5, 0.6) is 0 Å². The number of anilines is 2. The lowest BCUT2D eigenvalue weighted by atomic mass is 9.74. The third-order valence-corrected chi connectivity index (χ3v) is 8.96. The summed E-state index contributed by atoms with van der Waals surface area (Å²) >= 11 is 0. The quantitative estimate of drug-likeness (QED) is 0.259. The second-order valence-corrected chi connectivity index (χ2v) is 13.3. The number of piperidine rings is 1. The molecule has 2 aromatic carbocycles. The Labute approximate surface area is 250 Å². The summed E-state index contributed by atoms with van der Waals surface area (Å²) in [5.74, 6) is 1.47. The number of carbonyl (C=O) groups is 2. The maximum absolute atomic E-state index is 14.0. The van der Waals surface area contributed by atoms with E-state index in [4.69, 9.17) is 5.10 Å². The Hall–Kier alpha value is -3.45. The Morgan fingerprint density at radius 3 is 2.33 bits per heavy atom. The molecular weight excluding hydrogens is 522 g/mol. The van der Waals surface area contributed by atoms with E-state index in [1.165, 1.54) is 19.3 Å². The van der Waals surface area contributed by atoms with E-state index in [0.29, 0.717) is 29.6 Å².